The largest absolute Gasteiger partial charge is 0.385 e. The molecule has 0 radical (unpaired) electrons. The second-order valence-electron chi connectivity index (χ2n) is 3.62. The van der Waals surface area contributed by atoms with Gasteiger partial charge in [-0.2, -0.15) is 0 Å². The van der Waals surface area contributed by atoms with E-state index in [2.05, 4.69) is 21.2 Å². The molecule has 1 amide bonds. The predicted molar refractivity (Wildman–Crippen MR) is 72.4 cm³/mol. The van der Waals surface area contributed by atoms with Crippen LogP contribution >= 0.6 is 27.5 Å². The van der Waals surface area contributed by atoms with Crippen molar-refractivity contribution in [3.63, 3.8) is 0 Å². The van der Waals surface area contributed by atoms with Crippen LogP contribution in [0.5, 0.6) is 0 Å². The van der Waals surface area contributed by atoms with Gasteiger partial charge in [-0.3, -0.25) is 4.79 Å². The van der Waals surface area contributed by atoms with Crippen molar-refractivity contribution in [2.24, 2.45) is 0 Å². The fourth-order valence-corrected chi connectivity index (χ4v) is 1.89. The number of carbonyl (C=O) groups excluding carboxylic acids is 1. The molecular formula is C12H15BrClNO2. The van der Waals surface area contributed by atoms with Gasteiger partial charge in [-0.15, -0.1) is 0 Å². The number of carbonyl (C=O) groups is 1. The summed E-state index contributed by atoms with van der Waals surface area (Å²) in [7, 11) is 1.65. The maximum Gasteiger partial charge on any atom is 0.224 e. The molecule has 0 atom stereocenters. The third kappa shape index (κ3) is 5.52. The van der Waals surface area contributed by atoms with Crippen molar-refractivity contribution in [3.05, 3.63) is 33.3 Å². The Labute approximate surface area is 115 Å². The SMILES string of the molecule is COCCCNC(=O)Cc1ccc(Cl)c(Br)c1. The van der Waals surface area contributed by atoms with E-state index in [1.54, 1.807) is 13.2 Å². The van der Waals surface area contributed by atoms with E-state index < -0.39 is 0 Å². The van der Waals surface area contributed by atoms with E-state index >= 15 is 0 Å². The molecule has 17 heavy (non-hydrogen) atoms. The van der Waals surface area contributed by atoms with Crippen LogP contribution < -0.4 is 5.32 Å². The lowest BCUT2D eigenvalue weighted by atomic mass is 10.1. The number of hydrogen-bond donors (Lipinski definition) is 1. The molecule has 0 bridgehead atoms. The van der Waals surface area contributed by atoms with Crippen LogP contribution in [0.15, 0.2) is 22.7 Å². The summed E-state index contributed by atoms with van der Waals surface area (Å²) in [4.78, 5) is 11.6. The number of amides is 1. The molecule has 94 valence electrons. The van der Waals surface area contributed by atoms with Gasteiger partial charge in [-0.05, 0) is 40.0 Å². The van der Waals surface area contributed by atoms with Gasteiger partial charge in [-0.1, -0.05) is 17.7 Å². The Balaban J connectivity index is 2.37. The molecule has 0 saturated carbocycles. The summed E-state index contributed by atoms with van der Waals surface area (Å²) < 4.78 is 5.71. The van der Waals surface area contributed by atoms with E-state index in [9.17, 15) is 4.79 Å². The summed E-state index contributed by atoms with van der Waals surface area (Å²) in [6, 6.07) is 5.48. The summed E-state index contributed by atoms with van der Waals surface area (Å²) >= 11 is 9.20. The second-order valence-corrected chi connectivity index (χ2v) is 4.88. The van der Waals surface area contributed by atoms with Crippen molar-refractivity contribution in [2.45, 2.75) is 12.8 Å². The van der Waals surface area contributed by atoms with Crippen LogP contribution in [0.25, 0.3) is 0 Å². The predicted octanol–water partition coefficient (Wildman–Crippen LogP) is 2.80. The number of nitrogens with one attached hydrogen (secondary N) is 1. The molecule has 1 N–H and O–H groups in total. The highest BCUT2D eigenvalue weighted by Crippen LogP contribution is 2.23. The molecule has 1 rings (SSSR count). The van der Waals surface area contributed by atoms with Crippen LogP contribution in [0.4, 0.5) is 0 Å². The van der Waals surface area contributed by atoms with Gasteiger partial charge in [0, 0.05) is 24.7 Å². The molecule has 1 aromatic carbocycles. The molecule has 0 saturated heterocycles. The Bertz CT molecular complexity index is 385. The number of ether oxygens (including phenoxy) is 1. The molecule has 0 heterocycles. The van der Waals surface area contributed by atoms with Crippen LogP contribution in [0.2, 0.25) is 5.02 Å². The fraction of sp³-hybridized carbons (Fsp3) is 0.417. The standard InChI is InChI=1S/C12H15BrClNO2/c1-17-6-2-5-15-12(16)8-9-3-4-11(14)10(13)7-9/h3-4,7H,2,5-6,8H2,1H3,(H,15,16). The zero-order valence-corrected chi connectivity index (χ0v) is 12.0. The van der Waals surface area contributed by atoms with Gasteiger partial charge in [0.05, 0.1) is 11.4 Å². The lowest BCUT2D eigenvalue weighted by Crippen LogP contribution is -2.26. The number of hydrogen-bond acceptors (Lipinski definition) is 2. The smallest absolute Gasteiger partial charge is 0.224 e. The lowest BCUT2D eigenvalue weighted by molar-refractivity contribution is -0.120. The minimum Gasteiger partial charge on any atom is -0.385 e. The van der Waals surface area contributed by atoms with Gasteiger partial charge in [0.1, 0.15) is 0 Å². The van der Waals surface area contributed by atoms with E-state index in [1.165, 1.54) is 0 Å². The zero-order valence-electron chi connectivity index (χ0n) is 9.63. The van der Waals surface area contributed by atoms with Gasteiger partial charge in [-0.25, -0.2) is 0 Å². The molecule has 0 spiro atoms. The number of rotatable bonds is 6. The van der Waals surface area contributed by atoms with Crippen molar-refractivity contribution in [2.75, 3.05) is 20.3 Å². The normalized spacial score (nSPS) is 10.3. The van der Waals surface area contributed by atoms with Crippen molar-refractivity contribution in [1.82, 2.24) is 5.32 Å². The average Bonchev–Trinajstić information content (AvgIpc) is 2.30. The third-order valence-corrected chi connectivity index (χ3v) is 3.41. The van der Waals surface area contributed by atoms with E-state index in [1.807, 2.05) is 12.1 Å². The Morgan fingerprint density at radius 2 is 2.29 bits per heavy atom. The topological polar surface area (TPSA) is 38.3 Å². The van der Waals surface area contributed by atoms with Crippen LogP contribution in [0.3, 0.4) is 0 Å². The Morgan fingerprint density at radius 1 is 1.53 bits per heavy atom. The summed E-state index contributed by atoms with van der Waals surface area (Å²) in [6.45, 7) is 1.30. The van der Waals surface area contributed by atoms with Gasteiger partial charge in [0.2, 0.25) is 5.91 Å². The van der Waals surface area contributed by atoms with E-state index in [0.29, 0.717) is 24.6 Å². The molecule has 0 fully saturated rings. The molecule has 0 aliphatic rings. The minimum atomic E-state index is 0.00956. The highest BCUT2D eigenvalue weighted by atomic mass is 79.9. The maximum absolute atomic E-state index is 11.6. The van der Waals surface area contributed by atoms with Gasteiger partial charge in [0.25, 0.3) is 0 Å². The van der Waals surface area contributed by atoms with Crippen molar-refractivity contribution in [3.8, 4) is 0 Å². The van der Waals surface area contributed by atoms with E-state index in [-0.39, 0.29) is 5.91 Å². The zero-order chi connectivity index (χ0) is 12.7. The van der Waals surface area contributed by atoms with Crippen molar-refractivity contribution in [1.29, 1.82) is 0 Å². The van der Waals surface area contributed by atoms with Gasteiger partial charge < -0.3 is 10.1 Å². The molecule has 0 aliphatic carbocycles. The van der Waals surface area contributed by atoms with Gasteiger partial charge >= 0.3 is 0 Å². The van der Waals surface area contributed by atoms with Gasteiger partial charge in [0.15, 0.2) is 0 Å². The van der Waals surface area contributed by atoms with E-state index in [0.717, 1.165) is 16.5 Å². The quantitative estimate of drug-likeness (QED) is 0.819. The Morgan fingerprint density at radius 3 is 2.94 bits per heavy atom. The van der Waals surface area contributed by atoms with Crippen molar-refractivity contribution < 1.29 is 9.53 Å². The first kappa shape index (κ1) is 14.5. The highest BCUT2D eigenvalue weighted by Gasteiger charge is 2.04. The summed E-state index contributed by atoms with van der Waals surface area (Å²) in [5.74, 6) is 0.00956. The average molecular weight is 321 g/mol. The first-order chi connectivity index (χ1) is 8.13. The van der Waals surface area contributed by atoms with Crippen LogP contribution in [0.1, 0.15) is 12.0 Å². The summed E-state index contributed by atoms with van der Waals surface area (Å²) in [5, 5.41) is 3.48. The number of benzene rings is 1. The minimum absolute atomic E-state index is 0.00956. The molecule has 1 aromatic rings. The number of halogens is 2. The summed E-state index contributed by atoms with van der Waals surface area (Å²) in [6.07, 6.45) is 1.19. The van der Waals surface area contributed by atoms with Crippen LogP contribution in [-0.4, -0.2) is 26.2 Å². The fourth-order valence-electron chi connectivity index (χ4n) is 1.34. The van der Waals surface area contributed by atoms with Crippen LogP contribution in [0, 0.1) is 0 Å². The first-order valence-electron chi connectivity index (χ1n) is 5.33. The Kier molecular flexibility index (Phi) is 6.55. The molecule has 0 aromatic heterocycles. The maximum atomic E-state index is 11.6. The monoisotopic (exact) mass is 319 g/mol. The first-order valence-corrected chi connectivity index (χ1v) is 6.50. The lowest BCUT2D eigenvalue weighted by Gasteiger charge is -2.05. The third-order valence-electron chi connectivity index (χ3n) is 2.20. The number of methoxy groups -OCH3 is 1. The molecule has 3 nitrogen and oxygen atoms in total. The van der Waals surface area contributed by atoms with E-state index in [4.69, 9.17) is 16.3 Å². The molecular weight excluding hydrogens is 305 g/mol. The van der Waals surface area contributed by atoms with Crippen LogP contribution in [-0.2, 0) is 16.0 Å². The Hall–Kier alpha value is -0.580. The van der Waals surface area contributed by atoms with Crippen molar-refractivity contribution >= 4 is 33.4 Å². The molecule has 0 unspecified atom stereocenters. The second kappa shape index (κ2) is 7.69. The summed E-state index contributed by atoms with van der Waals surface area (Å²) in [5.41, 5.74) is 0.936. The highest BCUT2D eigenvalue weighted by molar-refractivity contribution is 9.10. The molecule has 5 heteroatoms. The molecule has 0 aliphatic heterocycles.